The molecule has 0 aliphatic heterocycles. The second kappa shape index (κ2) is 7.29. The number of nitrogens with zero attached hydrogens (tertiary/aromatic N) is 1. The van der Waals surface area contributed by atoms with Gasteiger partial charge < -0.3 is 10.1 Å². The van der Waals surface area contributed by atoms with Gasteiger partial charge in [-0.3, -0.25) is 4.79 Å². The van der Waals surface area contributed by atoms with E-state index in [2.05, 4.69) is 10.3 Å². The number of carbonyl (C=O) groups excluding carboxylic acids is 1. The first-order chi connectivity index (χ1) is 10.1. The van der Waals surface area contributed by atoms with E-state index < -0.39 is 0 Å². The average molecular weight is 325 g/mol. The standard InChI is InChI=1S/C15H14Cl2N2O2/c1-2-7-21-11-5-3-10(4-6-11)19-15(20)12-8-14(17)18-9-13(12)16/h3-6,8-9H,2,7H2,1H3,(H,19,20). The minimum absolute atomic E-state index is 0.216. The van der Waals surface area contributed by atoms with E-state index >= 15 is 0 Å². The number of rotatable bonds is 5. The molecule has 1 N–H and O–H groups in total. The van der Waals surface area contributed by atoms with Gasteiger partial charge in [-0.2, -0.15) is 0 Å². The highest BCUT2D eigenvalue weighted by Crippen LogP contribution is 2.21. The Kier molecular flexibility index (Phi) is 5.42. The number of hydrogen-bond acceptors (Lipinski definition) is 3. The number of pyridine rings is 1. The lowest BCUT2D eigenvalue weighted by molar-refractivity contribution is 0.102. The molecule has 6 heteroatoms. The molecule has 0 unspecified atom stereocenters. The highest BCUT2D eigenvalue weighted by atomic mass is 35.5. The van der Waals surface area contributed by atoms with Crippen LogP contribution in [0.15, 0.2) is 36.5 Å². The minimum atomic E-state index is -0.341. The summed E-state index contributed by atoms with van der Waals surface area (Å²) in [5.41, 5.74) is 0.927. The van der Waals surface area contributed by atoms with Crippen molar-refractivity contribution in [3.63, 3.8) is 0 Å². The third kappa shape index (κ3) is 4.34. The van der Waals surface area contributed by atoms with E-state index in [-0.39, 0.29) is 21.6 Å². The van der Waals surface area contributed by atoms with Gasteiger partial charge in [-0.25, -0.2) is 4.98 Å². The van der Waals surface area contributed by atoms with E-state index in [1.165, 1.54) is 12.3 Å². The molecule has 0 atom stereocenters. The number of halogens is 2. The predicted octanol–water partition coefficient (Wildman–Crippen LogP) is 4.43. The molecule has 0 bridgehead atoms. The largest absolute Gasteiger partial charge is 0.494 e. The summed E-state index contributed by atoms with van der Waals surface area (Å²) in [6.45, 7) is 2.70. The van der Waals surface area contributed by atoms with Crippen LogP contribution in [0.1, 0.15) is 23.7 Å². The molecular weight excluding hydrogens is 311 g/mol. The molecule has 110 valence electrons. The lowest BCUT2D eigenvalue weighted by atomic mass is 10.2. The van der Waals surface area contributed by atoms with Crippen LogP contribution in [-0.2, 0) is 0 Å². The van der Waals surface area contributed by atoms with E-state index in [0.29, 0.717) is 12.3 Å². The second-order valence-electron chi connectivity index (χ2n) is 4.31. The van der Waals surface area contributed by atoms with Gasteiger partial charge in [-0.05, 0) is 36.8 Å². The van der Waals surface area contributed by atoms with E-state index in [4.69, 9.17) is 27.9 Å². The summed E-state index contributed by atoms with van der Waals surface area (Å²) < 4.78 is 5.48. The number of amides is 1. The molecule has 0 aliphatic carbocycles. The summed E-state index contributed by atoms with van der Waals surface area (Å²) in [4.78, 5) is 15.9. The van der Waals surface area contributed by atoms with Crippen molar-refractivity contribution in [2.75, 3.05) is 11.9 Å². The summed E-state index contributed by atoms with van der Waals surface area (Å²) in [6.07, 6.45) is 2.29. The highest BCUT2D eigenvalue weighted by molar-refractivity contribution is 6.35. The third-order valence-electron chi connectivity index (χ3n) is 2.65. The Morgan fingerprint density at radius 1 is 1.29 bits per heavy atom. The van der Waals surface area contributed by atoms with Crippen molar-refractivity contribution >= 4 is 34.8 Å². The summed E-state index contributed by atoms with van der Waals surface area (Å²) in [5.74, 6) is 0.423. The molecule has 1 aromatic carbocycles. The zero-order valence-corrected chi connectivity index (χ0v) is 12.9. The summed E-state index contributed by atoms with van der Waals surface area (Å²) in [7, 11) is 0. The fourth-order valence-corrected chi connectivity index (χ4v) is 1.99. The number of anilines is 1. The maximum absolute atomic E-state index is 12.1. The van der Waals surface area contributed by atoms with Crippen molar-refractivity contribution in [3.8, 4) is 5.75 Å². The van der Waals surface area contributed by atoms with Crippen LogP contribution in [0.25, 0.3) is 0 Å². The van der Waals surface area contributed by atoms with Crippen LogP contribution in [-0.4, -0.2) is 17.5 Å². The van der Waals surface area contributed by atoms with Gasteiger partial charge in [0.25, 0.3) is 5.91 Å². The molecule has 0 saturated carbocycles. The molecule has 0 radical (unpaired) electrons. The molecule has 1 heterocycles. The lowest BCUT2D eigenvalue weighted by Gasteiger charge is -2.08. The van der Waals surface area contributed by atoms with Gasteiger partial charge in [0.2, 0.25) is 0 Å². The fourth-order valence-electron chi connectivity index (χ4n) is 1.64. The molecule has 0 fully saturated rings. The van der Waals surface area contributed by atoms with E-state index in [0.717, 1.165) is 12.2 Å². The van der Waals surface area contributed by atoms with Gasteiger partial charge in [0, 0.05) is 11.9 Å². The van der Waals surface area contributed by atoms with Crippen LogP contribution in [0.4, 0.5) is 5.69 Å². The number of benzene rings is 1. The van der Waals surface area contributed by atoms with Crippen LogP contribution >= 0.6 is 23.2 Å². The first kappa shape index (κ1) is 15.6. The van der Waals surface area contributed by atoms with E-state index in [1.54, 1.807) is 24.3 Å². The summed E-state index contributed by atoms with van der Waals surface area (Å²) in [6, 6.07) is 8.55. The van der Waals surface area contributed by atoms with Gasteiger partial charge in [0.1, 0.15) is 10.9 Å². The first-order valence-electron chi connectivity index (χ1n) is 6.45. The topological polar surface area (TPSA) is 51.2 Å². The molecule has 4 nitrogen and oxygen atoms in total. The Hall–Kier alpha value is -1.78. The Morgan fingerprint density at radius 2 is 2.00 bits per heavy atom. The Bertz CT molecular complexity index is 630. The second-order valence-corrected chi connectivity index (χ2v) is 5.11. The van der Waals surface area contributed by atoms with Crippen LogP contribution < -0.4 is 10.1 Å². The zero-order chi connectivity index (χ0) is 15.2. The maximum atomic E-state index is 12.1. The molecule has 21 heavy (non-hydrogen) atoms. The quantitative estimate of drug-likeness (QED) is 0.828. The smallest absolute Gasteiger partial charge is 0.257 e. The van der Waals surface area contributed by atoms with Crippen molar-refractivity contribution in [1.29, 1.82) is 0 Å². The number of ether oxygens (including phenoxy) is 1. The molecule has 1 amide bonds. The van der Waals surface area contributed by atoms with Crippen molar-refractivity contribution in [2.24, 2.45) is 0 Å². The summed E-state index contributed by atoms with van der Waals surface area (Å²) in [5, 5.41) is 3.21. The molecule has 0 spiro atoms. The molecule has 2 aromatic rings. The SMILES string of the molecule is CCCOc1ccc(NC(=O)c2cc(Cl)ncc2Cl)cc1. The van der Waals surface area contributed by atoms with E-state index in [1.807, 2.05) is 6.92 Å². The summed E-state index contributed by atoms with van der Waals surface area (Å²) >= 11 is 11.7. The number of aromatic nitrogens is 1. The van der Waals surface area contributed by atoms with Crippen molar-refractivity contribution < 1.29 is 9.53 Å². The Labute approximate surface area is 133 Å². The van der Waals surface area contributed by atoms with Crippen LogP contribution in [0.5, 0.6) is 5.75 Å². The third-order valence-corrected chi connectivity index (χ3v) is 3.16. The number of carbonyl (C=O) groups is 1. The van der Waals surface area contributed by atoms with Gasteiger partial charge in [-0.1, -0.05) is 30.1 Å². The van der Waals surface area contributed by atoms with Gasteiger partial charge in [0.15, 0.2) is 0 Å². The zero-order valence-electron chi connectivity index (χ0n) is 11.4. The maximum Gasteiger partial charge on any atom is 0.257 e. The average Bonchev–Trinajstić information content (AvgIpc) is 2.49. The number of hydrogen-bond donors (Lipinski definition) is 1. The van der Waals surface area contributed by atoms with Crippen LogP contribution in [0, 0.1) is 0 Å². The van der Waals surface area contributed by atoms with Gasteiger partial charge >= 0.3 is 0 Å². The molecule has 2 rings (SSSR count). The normalized spacial score (nSPS) is 10.2. The predicted molar refractivity (Wildman–Crippen MR) is 84.4 cm³/mol. The van der Waals surface area contributed by atoms with Crippen molar-refractivity contribution in [2.45, 2.75) is 13.3 Å². The first-order valence-corrected chi connectivity index (χ1v) is 7.21. The van der Waals surface area contributed by atoms with Crippen molar-refractivity contribution in [1.82, 2.24) is 4.98 Å². The molecular formula is C15H14Cl2N2O2. The van der Waals surface area contributed by atoms with Gasteiger partial charge in [-0.15, -0.1) is 0 Å². The molecule has 0 saturated heterocycles. The molecule has 1 aromatic heterocycles. The monoisotopic (exact) mass is 324 g/mol. The Balaban J connectivity index is 2.07. The van der Waals surface area contributed by atoms with Gasteiger partial charge in [0.05, 0.1) is 17.2 Å². The minimum Gasteiger partial charge on any atom is -0.494 e. The fraction of sp³-hybridized carbons (Fsp3) is 0.200. The van der Waals surface area contributed by atoms with Crippen LogP contribution in [0.2, 0.25) is 10.2 Å². The molecule has 0 aliphatic rings. The van der Waals surface area contributed by atoms with E-state index in [9.17, 15) is 4.79 Å². The highest BCUT2D eigenvalue weighted by Gasteiger charge is 2.12. The van der Waals surface area contributed by atoms with Crippen LogP contribution in [0.3, 0.4) is 0 Å². The Morgan fingerprint density at radius 3 is 2.67 bits per heavy atom. The lowest BCUT2D eigenvalue weighted by Crippen LogP contribution is -2.12. The van der Waals surface area contributed by atoms with Crippen molar-refractivity contribution in [3.05, 3.63) is 52.3 Å². The number of nitrogens with one attached hydrogen (secondary N) is 1.